The minimum atomic E-state index is -0.657. The van der Waals surface area contributed by atoms with Crippen LogP contribution in [0.15, 0.2) is 40.9 Å². The lowest BCUT2D eigenvalue weighted by Gasteiger charge is -2.07. The fraction of sp³-hybridized carbons (Fsp3) is 0.0714. The van der Waals surface area contributed by atoms with Crippen molar-refractivity contribution in [1.82, 2.24) is 0 Å². The number of benzene rings is 2. The molecule has 3 nitrogen and oxygen atoms in total. The van der Waals surface area contributed by atoms with Gasteiger partial charge in [-0.25, -0.2) is 9.18 Å². The Hall–Kier alpha value is -1.59. The highest BCUT2D eigenvalue weighted by atomic mass is 79.9. The first-order valence-corrected chi connectivity index (χ1v) is 6.80. The van der Waals surface area contributed by atoms with E-state index in [-0.39, 0.29) is 17.9 Å². The van der Waals surface area contributed by atoms with Crippen LogP contribution >= 0.6 is 27.5 Å². The predicted molar refractivity (Wildman–Crippen MR) is 79.1 cm³/mol. The molecule has 104 valence electrons. The van der Waals surface area contributed by atoms with Crippen molar-refractivity contribution in [3.05, 3.63) is 62.8 Å². The molecule has 0 aliphatic rings. The van der Waals surface area contributed by atoms with Gasteiger partial charge in [-0.3, -0.25) is 0 Å². The Labute approximate surface area is 128 Å². The van der Waals surface area contributed by atoms with Crippen LogP contribution in [0.3, 0.4) is 0 Å². The van der Waals surface area contributed by atoms with E-state index < -0.39 is 11.8 Å². The van der Waals surface area contributed by atoms with Crippen LogP contribution < -0.4 is 5.73 Å². The molecule has 0 aromatic heterocycles. The number of hydrogen-bond donors (Lipinski definition) is 1. The Kier molecular flexibility index (Phi) is 4.62. The van der Waals surface area contributed by atoms with E-state index >= 15 is 0 Å². The van der Waals surface area contributed by atoms with Gasteiger partial charge in [0.25, 0.3) is 0 Å². The van der Waals surface area contributed by atoms with Crippen molar-refractivity contribution in [3.63, 3.8) is 0 Å². The first-order chi connectivity index (χ1) is 9.45. The standard InChI is InChI=1S/C14H10BrClFNO2/c15-10-2-1-8(13(16)5-10)7-20-14(19)9-3-11(17)6-12(18)4-9/h1-6H,7,18H2. The van der Waals surface area contributed by atoms with E-state index in [9.17, 15) is 9.18 Å². The lowest BCUT2D eigenvalue weighted by Crippen LogP contribution is -2.06. The molecule has 20 heavy (non-hydrogen) atoms. The van der Waals surface area contributed by atoms with Crippen molar-refractivity contribution in [3.8, 4) is 0 Å². The van der Waals surface area contributed by atoms with Crippen LogP contribution in [-0.4, -0.2) is 5.97 Å². The molecule has 6 heteroatoms. The summed E-state index contributed by atoms with van der Waals surface area (Å²) in [5.41, 5.74) is 6.36. The predicted octanol–water partition coefficient (Wildman–Crippen LogP) is 4.18. The third-order valence-electron chi connectivity index (χ3n) is 2.53. The second-order valence-corrected chi connectivity index (χ2v) is 5.41. The summed E-state index contributed by atoms with van der Waals surface area (Å²) in [6.07, 6.45) is 0. The smallest absolute Gasteiger partial charge is 0.338 e. The van der Waals surface area contributed by atoms with Gasteiger partial charge in [-0.2, -0.15) is 0 Å². The summed E-state index contributed by atoms with van der Waals surface area (Å²) in [6.45, 7) is 0.00135. The Morgan fingerprint density at radius 1 is 1.30 bits per heavy atom. The summed E-state index contributed by atoms with van der Waals surface area (Å²) in [4.78, 5) is 11.8. The zero-order valence-corrected chi connectivity index (χ0v) is 12.5. The molecular weight excluding hydrogens is 349 g/mol. The van der Waals surface area contributed by atoms with Crippen LogP contribution in [0.5, 0.6) is 0 Å². The highest BCUT2D eigenvalue weighted by molar-refractivity contribution is 9.10. The summed E-state index contributed by atoms with van der Waals surface area (Å²) < 4.78 is 19.1. The quantitative estimate of drug-likeness (QED) is 0.661. The summed E-state index contributed by atoms with van der Waals surface area (Å²) in [7, 11) is 0. The van der Waals surface area contributed by atoms with Crippen molar-refractivity contribution in [2.45, 2.75) is 6.61 Å². The van der Waals surface area contributed by atoms with Crippen LogP contribution in [0, 0.1) is 5.82 Å². The van der Waals surface area contributed by atoms with E-state index in [0.29, 0.717) is 10.6 Å². The minimum absolute atomic E-state index is 0.00135. The molecule has 0 unspecified atom stereocenters. The van der Waals surface area contributed by atoms with Gasteiger partial charge in [-0.05, 0) is 30.3 Å². The van der Waals surface area contributed by atoms with Crippen molar-refractivity contribution < 1.29 is 13.9 Å². The maximum atomic E-state index is 13.1. The first-order valence-electron chi connectivity index (χ1n) is 5.63. The van der Waals surface area contributed by atoms with Gasteiger partial charge in [-0.15, -0.1) is 0 Å². The maximum absolute atomic E-state index is 13.1. The molecule has 0 bridgehead atoms. The fourth-order valence-electron chi connectivity index (χ4n) is 1.60. The van der Waals surface area contributed by atoms with Gasteiger partial charge in [0.15, 0.2) is 0 Å². The molecule has 0 saturated heterocycles. The number of hydrogen-bond acceptors (Lipinski definition) is 3. The summed E-state index contributed by atoms with van der Waals surface area (Å²) >= 11 is 9.29. The first kappa shape index (κ1) is 14.8. The van der Waals surface area contributed by atoms with Crippen molar-refractivity contribution >= 4 is 39.2 Å². The normalized spacial score (nSPS) is 10.3. The molecule has 0 radical (unpaired) electrons. The number of carbonyl (C=O) groups is 1. The van der Waals surface area contributed by atoms with Crippen LogP contribution in [0.25, 0.3) is 0 Å². The highest BCUT2D eigenvalue weighted by Crippen LogP contribution is 2.22. The molecule has 2 aromatic carbocycles. The van der Waals surface area contributed by atoms with E-state index in [0.717, 1.165) is 16.6 Å². The molecular formula is C14H10BrClFNO2. The number of rotatable bonds is 3. The molecule has 0 aliphatic heterocycles. The van der Waals surface area contributed by atoms with Crippen molar-refractivity contribution in [2.24, 2.45) is 0 Å². The third-order valence-corrected chi connectivity index (χ3v) is 3.37. The second-order valence-electron chi connectivity index (χ2n) is 4.09. The third kappa shape index (κ3) is 3.71. The number of anilines is 1. The number of nitrogen functional groups attached to an aromatic ring is 1. The van der Waals surface area contributed by atoms with E-state index in [4.69, 9.17) is 22.1 Å². The van der Waals surface area contributed by atoms with Crippen molar-refractivity contribution in [2.75, 3.05) is 5.73 Å². The van der Waals surface area contributed by atoms with Gasteiger partial charge in [0.05, 0.1) is 5.56 Å². The van der Waals surface area contributed by atoms with E-state index in [2.05, 4.69) is 15.9 Å². The summed E-state index contributed by atoms with van der Waals surface area (Å²) in [5, 5.41) is 0.478. The van der Waals surface area contributed by atoms with Crippen LogP contribution in [-0.2, 0) is 11.3 Å². The van der Waals surface area contributed by atoms with Crippen LogP contribution in [0.2, 0.25) is 5.02 Å². The molecule has 0 heterocycles. The van der Waals surface area contributed by atoms with Gasteiger partial charge in [0.2, 0.25) is 0 Å². The number of halogens is 3. The zero-order valence-electron chi connectivity index (χ0n) is 10.2. The van der Waals surface area contributed by atoms with E-state index in [1.54, 1.807) is 18.2 Å². The SMILES string of the molecule is Nc1cc(F)cc(C(=O)OCc2ccc(Br)cc2Cl)c1. The number of ether oxygens (including phenoxy) is 1. The summed E-state index contributed by atoms with van der Waals surface area (Å²) in [5.74, 6) is -1.24. The topological polar surface area (TPSA) is 52.3 Å². The monoisotopic (exact) mass is 357 g/mol. The van der Waals surface area contributed by atoms with Gasteiger partial charge >= 0.3 is 5.97 Å². The fourth-order valence-corrected chi connectivity index (χ4v) is 2.32. The zero-order chi connectivity index (χ0) is 14.7. The molecule has 0 fully saturated rings. The molecule has 0 saturated carbocycles. The number of nitrogens with two attached hydrogens (primary N) is 1. The molecule has 0 amide bonds. The van der Waals surface area contributed by atoms with E-state index in [1.807, 2.05) is 0 Å². The van der Waals surface area contributed by atoms with Gasteiger partial charge < -0.3 is 10.5 Å². The average molecular weight is 359 g/mol. The molecule has 2 rings (SSSR count). The Balaban J connectivity index is 2.08. The highest BCUT2D eigenvalue weighted by Gasteiger charge is 2.11. The van der Waals surface area contributed by atoms with Crippen LogP contribution in [0.1, 0.15) is 15.9 Å². The number of carbonyl (C=O) groups excluding carboxylic acids is 1. The maximum Gasteiger partial charge on any atom is 0.338 e. The lowest BCUT2D eigenvalue weighted by atomic mass is 10.2. The Morgan fingerprint density at radius 3 is 2.70 bits per heavy atom. The Morgan fingerprint density at radius 2 is 2.05 bits per heavy atom. The van der Waals surface area contributed by atoms with E-state index in [1.165, 1.54) is 6.07 Å². The van der Waals surface area contributed by atoms with Gasteiger partial charge in [0.1, 0.15) is 12.4 Å². The second kappa shape index (κ2) is 6.24. The van der Waals surface area contributed by atoms with Crippen LogP contribution in [0.4, 0.5) is 10.1 Å². The van der Waals surface area contributed by atoms with Gasteiger partial charge in [-0.1, -0.05) is 33.6 Å². The largest absolute Gasteiger partial charge is 0.457 e. The molecule has 0 atom stereocenters. The molecule has 2 aromatic rings. The number of esters is 1. The van der Waals surface area contributed by atoms with Crippen molar-refractivity contribution in [1.29, 1.82) is 0 Å². The van der Waals surface area contributed by atoms with Gasteiger partial charge in [0, 0.05) is 20.7 Å². The lowest BCUT2D eigenvalue weighted by molar-refractivity contribution is 0.0472. The molecule has 0 spiro atoms. The summed E-state index contributed by atoms with van der Waals surface area (Å²) in [6, 6.07) is 8.78. The Bertz CT molecular complexity index is 643. The molecule has 2 N–H and O–H groups in total. The minimum Gasteiger partial charge on any atom is -0.457 e. The molecule has 0 aliphatic carbocycles. The average Bonchev–Trinajstić information content (AvgIpc) is 2.36.